The Morgan fingerprint density at radius 3 is 2.20 bits per heavy atom. The summed E-state index contributed by atoms with van der Waals surface area (Å²) in [6, 6.07) is -1.05. The molecule has 2 atom stereocenters. The third kappa shape index (κ3) is 7.07. The zero-order valence-electron chi connectivity index (χ0n) is 9.15. The number of carbonyl (C=O) groups is 2. The zero-order chi connectivity index (χ0) is 12.0. The van der Waals surface area contributed by atoms with Crippen molar-refractivity contribution in [1.29, 1.82) is 0 Å². The monoisotopic (exact) mass is 235 g/mol. The van der Waals surface area contributed by atoms with Crippen LogP contribution in [0.4, 0.5) is 0 Å². The highest BCUT2D eigenvalue weighted by Gasteiger charge is 2.21. The van der Waals surface area contributed by atoms with Crippen LogP contribution in [-0.4, -0.2) is 38.7 Å². The molecule has 0 aromatic heterocycles. The minimum absolute atomic E-state index is 0.0346. The van der Waals surface area contributed by atoms with Gasteiger partial charge in [-0.1, -0.05) is 13.8 Å². The second-order valence-corrected chi connectivity index (χ2v) is 5.30. The molecule has 0 heterocycles. The molecule has 0 aliphatic carbocycles. The highest BCUT2D eigenvalue weighted by Crippen LogP contribution is 1.99. The Morgan fingerprint density at radius 1 is 1.33 bits per heavy atom. The van der Waals surface area contributed by atoms with Crippen molar-refractivity contribution < 1.29 is 18.9 Å². The molecule has 0 rings (SSSR count). The van der Waals surface area contributed by atoms with E-state index in [0.717, 1.165) is 0 Å². The maximum Gasteiger partial charge on any atom is 0.327 e. The average Bonchev–Trinajstić information content (AvgIpc) is 1.99. The lowest BCUT2D eigenvalue weighted by atomic mass is 10.3. The van der Waals surface area contributed by atoms with Crippen LogP contribution in [0.25, 0.3) is 0 Å². The number of rotatable bonds is 6. The van der Waals surface area contributed by atoms with E-state index in [0.29, 0.717) is 5.75 Å². The molecule has 0 radical (unpaired) electrons. The molecule has 0 saturated carbocycles. The molecule has 0 fully saturated rings. The van der Waals surface area contributed by atoms with E-state index in [1.54, 1.807) is 0 Å². The van der Waals surface area contributed by atoms with Crippen LogP contribution in [0.5, 0.6) is 0 Å². The SMILES string of the molecule is CC(=O)N[C@@H](CS(=O)CC(C)C)C(=O)O. The first kappa shape index (κ1) is 14.1. The maximum absolute atomic E-state index is 11.4. The Labute approximate surface area is 91.7 Å². The second kappa shape index (κ2) is 6.55. The fourth-order valence-corrected chi connectivity index (χ4v) is 2.52. The molecule has 1 unspecified atom stereocenters. The standard InChI is InChI=1S/C9H17NO4S/c1-6(2)4-15(14)5-8(9(12)13)10-7(3)11/h6,8H,4-5H2,1-3H3,(H,10,11)(H,12,13)/t8-,15?/m0/s1. The number of hydrogen-bond donors (Lipinski definition) is 2. The van der Waals surface area contributed by atoms with Crippen molar-refractivity contribution in [2.24, 2.45) is 5.92 Å². The number of carbonyl (C=O) groups excluding carboxylic acids is 1. The third-order valence-corrected chi connectivity index (χ3v) is 3.29. The average molecular weight is 235 g/mol. The molecule has 0 aliphatic rings. The normalized spacial score (nSPS) is 14.7. The summed E-state index contributed by atoms with van der Waals surface area (Å²) in [6.45, 7) is 5.06. The first-order valence-corrected chi connectivity index (χ1v) is 6.16. The number of nitrogens with one attached hydrogen (secondary N) is 1. The smallest absolute Gasteiger partial charge is 0.327 e. The van der Waals surface area contributed by atoms with Gasteiger partial charge >= 0.3 is 5.97 Å². The van der Waals surface area contributed by atoms with Crippen LogP contribution in [0, 0.1) is 5.92 Å². The molecule has 0 bridgehead atoms. The van der Waals surface area contributed by atoms with E-state index in [-0.39, 0.29) is 11.7 Å². The summed E-state index contributed by atoms with van der Waals surface area (Å²) >= 11 is 0. The van der Waals surface area contributed by atoms with Crippen LogP contribution < -0.4 is 5.32 Å². The Bertz CT molecular complexity index is 265. The van der Waals surface area contributed by atoms with Crippen molar-refractivity contribution in [3.05, 3.63) is 0 Å². The van der Waals surface area contributed by atoms with Gasteiger partial charge < -0.3 is 10.4 Å². The summed E-state index contributed by atoms with van der Waals surface area (Å²) in [6.07, 6.45) is 0. The minimum atomic E-state index is -1.21. The predicted molar refractivity (Wildman–Crippen MR) is 58.0 cm³/mol. The van der Waals surface area contributed by atoms with Gasteiger partial charge in [-0.05, 0) is 5.92 Å². The molecule has 2 N–H and O–H groups in total. The summed E-state index contributed by atoms with van der Waals surface area (Å²) in [5.74, 6) is -0.917. The molecule has 15 heavy (non-hydrogen) atoms. The van der Waals surface area contributed by atoms with Crippen molar-refractivity contribution in [3.8, 4) is 0 Å². The second-order valence-electron chi connectivity index (χ2n) is 3.76. The van der Waals surface area contributed by atoms with E-state index in [9.17, 15) is 13.8 Å². The van der Waals surface area contributed by atoms with Gasteiger partial charge in [0.05, 0.1) is 5.75 Å². The van der Waals surface area contributed by atoms with Crippen LogP contribution >= 0.6 is 0 Å². The van der Waals surface area contributed by atoms with Gasteiger partial charge in [-0.2, -0.15) is 0 Å². The van der Waals surface area contributed by atoms with Gasteiger partial charge in [0.15, 0.2) is 0 Å². The summed E-state index contributed by atoms with van der Waals surface area (Å²) in [5, 5.41) is 11.0. The first-order chi connectivity index (χ1) is 6.82. The molecular weight excluding hydrogens is 218 g/mol. The van der Waals surface area contributed by atoms with E-state index in [2.05, 4.69) is 5.32 Å². The van der Waals surface area contributed by atoms with Crippen molar-refractivity contribution in [2.75, 3.05) is 11.5 Å². The first-order valence-electron chi connectivity index (χ1n) is 4.67. The Balaban J connectivity index is 4.22. The Hall–Kier alpha value is -0.910. The van der Waals surface area contributed by atoms with Crippen LogP contribution in [0.1, 0.15) is 20.8 Å². The van der Waals surface area contributed by atoms with E-state index in [4.69, 9.17) is 5.11 Å². The van der Waals surface area contributed by atoms with Crippen molar-refractivity contribution in [2.45, 2.75) is 26.8 Å². The maximum atomic E-state index is 11.4. The Kier molecular flexibility index (Phi) is 6.15. The van der Waals surface area contributed by atoms with Crippen molar-refractivity contribution in [1.82, 2.24) is 5.32 Å². The summed E-state index contributed by atoms with van der Waals surface area (Å²) in [5.41, 5.74) is 0. The molecule has 0 aliphatic heterocycles. The molecule has 0 saturated heterocycles. The fourth-order valence-electron chi connectivity index (χ4n) is 1.05. The van der Waals surface area contributed by atoms with Crippen LogP contribution in [-0.2, 0) is 20.4 Å². The molecule has 0 aromatic rings. The van der Waals surface area contributed by atoms with Gasteiger partial charge in [-0.15, -0.1) is 0 Å². The molecule has 0 aromatic carbocycles. The molecular formula is C9H17NO4S. The molecule has 5 nitrogen and oxygen atoms in total. The lowest BCUT2D eigenvalue weighted by molar-refractivity contribution is -0.140. The molecule has 6 heteroatoms. The van der Waals surface area contributed by atoms with Gasteiger partial charge in [0.25, 0.3) is 0 Å². The molecule has 0 spiro atoms. The summed E-state index contributed by atoms with van der Waals surface area (Å²) < 4.78 is 11.4. The number of aliphatic carboxylic acids is 1. The highest BCUT2D eigenvalue weighted by molar-refractivity contribution is 7.85. The Morgan fingerprint density at radius 2 is 1.87 bits per heavy atom. The van der Waals surface area contributed by atoms with Gasteiger partial charge in [0.1, 0.15) is 6.04 Å². The molecule has 88 valence electrons. The van der Waals surface area contributed by atoms with Crippen molar-refractivity contribution in [3.63, 3.8) is 0 Å². The number of carboxylic acids is 1. The highest BCUT2D eigenvalue weighted by atomic mass is 32.2. The summed E-state index contributed by atoms with van der Waals surface area (Å²) in [4.78, 5) is 21.4. The zero-order valence-corrected chi connectivity index (χ0v) is 9.97. The lowest BCUT2D eigenvalue weighted by Crippen LogP contribution is -2.43. The number of amides is 1. The lowest BCUT2D eigenvalue weighted by Gasteiger charge is -2.13. The topological polar surface area (TPSA) is 83.5 Å². The number of hydrogen-bond acceptors (Lipinski definition) is 3. The quantitative estimate of drug-likeness (QED) is 0.677. The minimum Gasteiger partial charge on any atom is -0.480 e. The predicted octanol–water partition coefficient (Wildman–Crippen LogP) is -0.0196. The van der Waals surface area contributed by atoms with E-state index >= 15 is 0 Å². The van der Waals surface area contributed by atoms with E-state index in [1.165, 1.54) is 6.92 Å². The fraction of sp³-hybridized carbons (Fsp3) is 0.778. The van der Waals surface area contributed by atoms with Crippen LogP contribution in [0.15, 0.2) is 0 Å². The van der Waals surface area contributed by atoms with Gasteiger partial charge in [-0.3, -0.25) is 9.00 Å². The largest absolute Gasteiger partial charge is 0.480 e. The third-order valence-electron chi connectivity index (χ3n) is 1.55. The van der Waals surface area contributed by atoms with E-state index < -0.39 is 28.7 Å². The molecule has 1 amide bonds. The van der Waals surface area contributed by atoms with E-state index in [1.807, 2.05) is 13.8 Å². The number of carboxylic acid groups (broad SMARTS) is 1. The van der Waals surface area contributed by atoms with Crippen LogP contribution in [0.2, 0.25) is 0 Å². The van der Waals surface area contributed by atoms with Crippen LogP contribution in [0.3, 0.4) is 0 Å². The summed E-state index contributed by atoms with van der Waals surface area (Å²) in [7, 11) is -1.21. The van der Waals surface area contributed by atoms with Crippen molar-refractivity contribution >= 4 is 22.7 Å². The van der Waals surface area contributed by atoms with Gasteiger partial charge in [0.2, 0.25) is 5.91 Å². The van der Waals surface area contributed by atoms with Gasteiger partial charge in [0, 0.05) is 23.5 Å². The van der Waals surface area contributed by atoms with Gasteiger partial charge in [-0.25, -0.2) is 4.79 Å².